The zero-order valence-electron chi connectivity index (χ0n) is 7.67. The van der Waals surface area contributed by atoms with Crippen LogP contribution in [0.4, 0.5) is 0 Å². The fraction of sp³-hybridized carbons (Fsp3) is 0.500. The molecule has 0 aromatic carbocycles. The molecule has 0 fully saturated rings. The molecule has 0 bridgehead atoms. The van der Waals surface area contributed by atoms with Crippen molar-refractivity contribution in [2.24, 2.45) is 0 Å². The third-order valence-corrected chi connectivity index (χ3v) is 1.99. The van der Waals surface area contributed by atoms with Gasteiger partial charge in [0.1, 0.15) is 0 Å². The molecule has 0 saturated carbocycles. The highest BCUT2D eigenvalue weighted by Crippen LogP contribution is 2.08. The molecule has 1 aromatic rings. The Morgan fingerprint density at radius 2 is 2.00 bits per heavy atom. The summed E-state index contributed by atoms with van der Waals surface area (Å²) in [5.41, 5.74) is 3.08. The smallest absolute Gasteiger partial charge is 0.0699 e. The summed E-state index contributed by atoms with van der Waals surface area (Å²) in [4.78, 5) is 4.42. The number of rotatable bonds is 3. The van der Waals surface area contributed by atoms with Crippen LogP contribution in [-0.2, 0) is 19.4 Å². The molecule has 2 nitrogen and oxygen atoms in total. The molecule has 0 aliphatic carbocycles. The third-order valence-electron chi connectivity index (χ3n) is 1.99. The Morgan fingerprint density at radius 3 is 2.50 bits per heavy atom. The molecule has 66 valence electrons. The van der Waals surface area contributed by atoms with E-state index < -0.39 is 0 Å². The first kappa shape index (κ1) is 9.20. The maximum atomic E-state index is 8.97. The number of hydrogen-bond acceptors (Lipinski definition) is 2. The predicted molar refractivity (Wildman–Crippen MR) is 48.9 cm³/mol. The molecule has 0 atom stereocenters. The van der Waals surface area contributed by atoms with Gasteiger partial charge in [0.25, 0.3) is 0 Å². The summed E-state index contributed by atoms with van der Waals surface area (Å²) in [5, 5.41) is 8.97. The number of aliphatic hydroxyl groups is 1. The van der Waals surface area contributed by atoms with Crippen LogP contribution in [0.1, 0.15) is 30.8 Å². The summed E-state index contributed by atoms with van der Waals surface area (Å²) in [6.07, 6.45) is 1.85. The van der Waals surface area contributed by atoms with Gasteiger partial charge in [0, 0.05) is 11.4 Å². The van der Waals surface area contributed by atoms with Crippen molar-refractivity contribution < 1.29 is 5.11 Å². The van der Waals surface area contributed by atoms with E-state index in [4.69, 9.17) is 5.11 Å². The second kappa shape index (κ2) is 4.21. The Bertz CT molecular complexity index is 258. The maximum Gasteiger partial charge on any atom is 0.0699 e. The van der Waals surface area contributed by atoms with Gasteiger partial charge in [-0.3, -0.25) is 4.98 Å². The Morgan fingerprint density at radius 1 is 1.25 bits per heavy atom. The van der Waals surface area contributed by atoms with Crippen molar-refractivity contribution in [3.63, 3.8) is 0 Å². The summed E-state index contributed by atoms with van der Waals surface area (Å²) >= 11 is 0. The van der Waals surface area contributed by atoms with Crippen LogP contribution in [0, 0.1) is 0 Å². The molecule has 1 aromatic heterocycles. The number of aromatic nitrogens is 1. The van der Waals surface area contributed by atoms with E-state index in [9.17, 15) is 0 Å². The van der Waals surface area contributed by atoms with E-state index in [1.165, 1.54) is 0 Å². The molecule has 0 unspecified atom stereocenters. The van der Waals surface area contributed by atoms with Gasteiger partial charge in [-0.2, -0.15) is 0 Å². The number of aryl methyl sites for hydroxylation is 2. The fourth-order valence-electron chi connectivity index (χ4n) is 1.22. The van der Waals surface area contributed by atoms with Crippen molar-refractivity contribution in [3.05, 3.63) is 29.1 Å². The third kappa shape index (κ3) is 1.83. The average Bonchev–Trinajstić information content (AvgIpc) is 2.16. The van der Waals surface area contributed by atoms with Gasteiger partial charge < -0.3 is 5.11 Å². The Labute approximate surface area is 73.3 Å². The van der Waals surface area contributed by atoms with E-state index in [1.54, 1.807) is 0 Å². The number of pyridine rings is 1. The van der Waals surface area contributed by atoms with Crippen molar-refractivity contribution >= 4 is 0 Å². The van der Waals surface area contributed by atoms with Crippen LogP contribution >= 0.6 is 0 Å². The van der Waals surface area contributed by atoms with Crippen LogP contribution in [-0.4, -0.2) is 10.1 Å². The van der Waals surface area contributed by atoms with Crippen LogP contribution < -0.4 is 0 Å². The van der Waals surface area contributed by atoms with Crippen molar-refractivity contribution in [1.82, 2.24) is 4.98 Å². The normalized spacial score (nSPS) is 10.2. The van der Waals surface area contributed by atoms with Gasteiger partial charge in [0.05, 0.1) is 6.61 Å². The molecule has 0 radical (unpaired) electrons. The Kier molecular flexibility index (Phi) is 3.23. The lowest BCUT2D eigenvalue weighted by Crippen LogP contribution is -1.99. The summed E-state index contributed by atoms with van der Waals surface area (Å²) in [6, 6.07) is 3.94. The monoisotopic (exact) mass is 165 g/mol. The van der Waals surface area contributed by atoms with Crippen LogP contribution in [0.2, 0.25) is 0 Å². The molecule has 0 aliphatic rings. The molecule has 1 N–H and O–H groups in total. The lowest BCUT2D eigenvalue weighted by molar-refractivity contribution is 0.280. The lowest BCUT2D eigenvalue weighted by atomic mass is 10.1. The SMILES string of the molecule is CCc1ccc(CO)c(CC)n1. The highest BCUT2D eigenvalue weighted by atomic mass is 16.3. The molecule has 1 rings (SSSR count). The van der Waals surface area contributed by atoms with E-state index in [1.807, 2.05) is 12.1 Å². The van der Waals surface area contributed by atoms with Crippen LogP contribution in [0.15, 0.2) is 12.1 Å². The Balaban J connectivity index is 3.02. The summed E-state index contributed by atoms with van der Waals surface area (Å²) < 4.78 is 0. The molecule has 0 spiro atoms. The van der Waals surface area contributed by atoms with E-state index in [0.29, 0.717) is 0 Å². The van der Waals surface area contributed by atoms with Crippen molar-refractivity contribution in [3.8, 4) is 0 Å². The molecule has 2 heteroatoms. The maximum absolute atomic E-state index is 8.97. The van der Waals surface area contributed by atoms with Gasteiger partial charge in [-0.25, -0.2) is 0 Å². The molecular formula is C10H15NO. The van der Waals surface area contributed by atoms with Crippen molar-refractivity contribution in [1.29, 1.82) is 0 Å². The second-order valence-corrected chi connectivity index (χ2v) is 2.77. The average molecular weight is 165 g/mol. The molecule has 0 aliphatic heterocycles. The minimum absolute atomic E-state index is 0.0974. The minimum Gasteiger partial charge on any atom is -0.392 e. The highest BCUT2D eigenvalue weighted by Gasteiger charge is 2.01. The molecule has 1 heterocycles. The number of aliphatic hydroxyl groups excluding tert-OH is 1. The van der Waals surface area contributed by atoms with Gasteiger partial charge in [-0.05, 0) is 24.5 Å². The Hall–Kier alpha value is -0.890. The first-order valence-corrected chi connectivity index (χ1v) is 4.40. The predicted octanol–water partition coefficient (Wildman–Crippen LogP) is 1.70. The minimum atomic E-state index is 0.0974. The van der Waals surface area contributed by atoms with Crippen LogP contribution in [0.5, 0.6) is 0 Å². The van der Waals surface area contributed by atoms with Gasteiger partial charge in [0.2, 0.25) is 0 Å². The van der Waals surface area contributed by atoms with Crippen LogP contribution in [0.3, 0.4) is 0 Å². The fourth-order valence-corrected chi connectivity index (χ4v) is 1.22. The standard InChI is InChI=1S/C10H15NO/c1-3-9-6-5-8(7-12)10(4-2)11-9/h5-6,12H,3-4,7H2,1-2H3. The molecular weight excluding hydrogens is 150 g/mol. The number of hydrogen-bond donors (Lipinski definition) is 1. The quantitative estimate of drug-likeness (QED) is 0.739. The zero-order valence-corrected chi connectivity index (χ0v) is 7.67. The van der Waals surface area contributed by atoms with Gasteiger partial charge in [-0.15, -0.1) is 0 Å². The first-order valence-electron chi connectivity index (χ1n) is 4.40. The molecule has 12 heavy (non-hydrogen) atoms. The first-order chi connectivity index (χ1) is 5.81. The van der Waals surface area contributed by atoms with E-state index >= 15 is 0 Å². The van der Waals surface area contributed by atoms with Gasteiger partial charge in [0.15, 0.2) is 0 Å². The second-order valence-electron chi connectivity index (χ2n) is 2.77. The van der Waals surface area contributed by atoms with Crippen LogP contribution in [0.25, 0.3) is 0 Å². The highest BCUT2D eigenvalue weighted by molar-refractivity contribution is 5.22. The summed E-state index contributed by atoms with van der Waals surface area (Å²) in [5.74, 6) is 0. The zero-order chi connectivity index (χ0) is 8.97. The van der Waals surface area contributed by atoms with E-state index in [2.05, 4.69) is 18.8 Å². The van der Waals surface area contributed by atoms with Crippen molar-refractivity contribution in [2.45, 2.75) is 33.3 Å². The number of nitrogens with zero attached hydrogens (tertiary/aromatic N) is 1. The van der Waals surface area contributed by atoms with Gasteiger partial charge >= 0.3 is 0 Å². The molecule has 0 saturated heterocycles. The summed E-state index contributed by atoms with van der Waals surface area (Å²) in [7, 11) is 0. The van der Waals surface area contributed by atoms with E-state index in [0.717, 1.165) is 29.8 Å². The van der Waals surface area contributed by atoms with Crippen molar-refractivity contribution in [2.75, 3.05) is 0 Å². The largest absolute Gasteiger partial charge is 0.392 e. The molecule has 0 amide bonds. The topological polar surface area (TPSA) is 33.1 Å². The van der Waals surface area contributed by atoms with Gasteiger partial charge in [-0.1, -0.05) is 19.9 Å². The van der Waals surface area contributed by atoms with E-state index in [-0.39, 0.29) is 6.61 Å². The summed E-state index contributed by atoms with van der Waals surface area (Å²) in [6.45, 7) is 4.24. The lowest BCUT2D eigenvalue weighted by Gasteiger charge is -2.05.